The Labute approximate surface area is 138 Å². The minimum atomic E-state index is -0.212. The molecule has 1 fully saturated rings. The summed E-state index contributed by atoms with van der Waals surface area (Å²) in [5, 5.41) is 3.22. The highest BCUT2D eigenvalue weighted by Crippen LogP contribution is 2.32. The summed E-state index contributed by atoms with van der Waals surface area (Å²) in [7, 11) is 0. The fraction of sp³-hybridized carbons (Fsp3) is 0.381. The van der Waals surface area contributed by atoms with Crippen molar-refractivity contribution in [2.75, 3.05) is 6.54 Å². The zero-order valence-corrected chi connectivity index (χ0v) is 13.8. The molecule has 0 aromatic heterocycles. The predicted molar refractivity (Wildman–Crippen MR) is 94.3 cm³/mol. The molecule has 2 heteroatoms. The lowest BCUT2D eigenvalue weighted by atomic mass is 9.76. The van der Waals surface area contributed by atoms with Gasteiger partial charge in [0.05, 0.1) is 0 Å². The highest BCUT2D eigenvalue weighted by molar-refractivity contribution is 5.79. The van der Waals surface area contributed by atoms with Crippen LogP contribution in [0.1, 0.15) is 43.7 Å². The number of carbonyl (C=O) groups is 1. The van der Waals surface area contributed by atoms with E-state index in [0.29, 0.717) is 6.54 Å². The van der Waals surface area contributed by atoms with Crippen LogP contribution in [0.4, 0.5) is 0 Å². The van der Waals surface area contributed by atoms with Gasteiger partial charge in [0.1, 0.15) is 0 Å². The Bertz CT molecular complexity index is 590. The summed E-state index contributed by atoms with van der Waals surface area (Å²) in [6, 6.07) is 20.9. The van der Waals surface area contributed by atoms with Gasteiger partial charge in [-0.1, -0.05) is 73.5 Å². The van der Waals surface area contributed by atoms with E-state index in [1.165, 1.54) is 24.0 Å². The number of hydrogen-bond donors (Lipinski definition) is 1. The SMILES string of the molecule is CC(CNC(=O)C1CCCC1)(c1ccccc1)c1ccccc1. The zero-order valence-electron chi connectivity index (χ0n) is 13.8. The number of nitrogens with one attached hydrogen (secondary N) is 1. The van der Waals surface area contributed by atoms with Crippen LogP contribution < -0.4 is 5.32 Å². The van der Waals surface area contributed by atoms with Crippen molar-refractivity contribution in [2.24, 2.45) is 5.92 Å². The highest BCUT2D eigenvalue weighted by atomic mass is 16.1. The molecule has 2 aromatic rings. The van der Waals surface area contributed by atoms with Gasteiger partial charge in [0.25, 0.3) is 0 Å². The van der Waals surface area contributed by atoms with E-state index in [9.17, 15) is 4.79 Å². The minimum absolute atomic E-state index is 0.212. The normalized spacial score (nSPS) is 15.5. The van der Waals surface area contributed by atoms with Crippen molar-refractivity contribution in [3.05, 3.63) is 71.8 Å². The van der Waals surface area contributed by atoms with Crippen LogP contribution in [-0.2, 0) is 10.2 Å². The summed E-state index contributed by atoms with van der Waals surface area (Å²) in [6.07, 6.45) is 4.46. The van der Waals surface area contributed by atoms with Crippen LogP contribution in [0.15, 0.2) is 60.7 Å². The van der Waals surface area contributed by atoms with Crippen molar-refractivity contribution in [1.82, 2.24) is 5.32 Å². The second kappa shape index (κ2) is 6.99. The van der Waals surface area contributed by atoms with Crippen LogP contribution in [0.2, 0.25) is 0 Å². The summed E-state index contributed by atoms with van der Waals surface area (Å²) in [6.45, 7) is 2.85. The molecule has 0 saturated heterocycles. The lowest BCUT2D eigenvalue weighted by Gasteiger charge is -2.31. The van der Waals surface area contributed by atoms with Crippen molar-refractivity contribution in [3.63, 3.8) is 0 Å². The molecule has 0 unspecified atom stereocenters. The van der Waals surface area contributed by atoms with Crippen molar-refractivity contribution in [1.29, 1.82) is 0 Å². The Morgan fingerprint density at radius 3 is 1.91 bits per heavy atom. The molecule has 0 heterocycles. The molecule has 1 aliphatic rings. The van der Waals surface area contributed by atoms with Crippen LogP contribution in [0.3, 0.4) is 0 Å². The molecule has 2 nitrogen and oxygen atoms in total. The van der Waals surface area contributed by atoms with Gasteiger partial charge in [0, 0.05) is 17.9 Å². The van der Waals surface area contributed by atoms with Crippen molar-refractivity contribution >= 4 is 5.91 Å². The summed E-state index contributed by atoms with van der Waals surface area (Å²) >= 11 is 0. The van der Waals surface area contributed by atoms with Crippen LogP contribution in [0.5, 0.6) is 0 Å². The first-order chi connectivity index (χ1) is 11.2. The van der Waals surface area contributed by atoms with Gasteiger partial charge in [-0.15, -0.1) is 0 Å². The van der Waals surface area contributed by atoms with E-state index in [2.05, 4.69) is 60.8 Å². The second-order valence-electron chi connectivity index (χ2n) is 6.76. The fourth-order valence-electron chi connectivity index (χ4n) is 3.58. The third kappa shape index (κ3) is 3.47. The van der Waals surface area contributed by atoms with E-state index < -0.39 is 0 Å². The lowest BCUT2D eigenvalue weighted by Crippen LogP contribution is -2.41. The maximum atomic E-state index is 12.4. The number of benzene rings is 2. The molecule has 0 radical (unpaired) electrons. The summed E-state index contributed by atoms with van der Waals surface area (Å²) in [5.41, 5.74) is 2.26. The van der Waals surface area contributed by atoms with E-state index in [1.807, 2.05) is 12.1 Å². The van der Waals surface area contributed by atoms with E-state index >= 15 is 0 Å². The van der Waals surface area contributed by atoms with Crippen LogP contribution in [0, 0.1) is 5.92 Å². The molecule has 120 valence electrons. The molecule has 0 bridgehead atoms. The van der Waals surface area contributed by atoms with E-state index in [1.54, 1.807) is 0 Å². The molecule has 1 aliphatic carbocycles. The van der Waals surface area contributed by atoms with Gasteiger partial charge in [-0.25, -0.2) is 0 Å². The lowest BCUT2D eigenvalue weighted by molar-refractivity contribution is -0.124. The van der Waals surface area contributed by atoms with Gasteiger partial charge in [-0.3, -0.25) is 4.79 Å². The van der Waals surface area contributed by atoms with Gasteiger partial charge in [-0.05, 0) is 30.9 Å². The predicted octanol–water partition coefficient (Wildman–Crippen LogP) is 4.30. The Hall–Kier alpha value is -2.09. The Balaban J connectivity index is 1.82. The Kier molecular flexibility index (Phi) is 4.80. The first-order valence-corrected chi connectivity index (χ1v) is 8.59. The molecule has 1 amide bonds. The van der Waals surface area contributed by atoms with Gasteiger partial charge in [0.2, 0.25) is 5.91 Å². The van der Waals surface area contributed by atoms with Crippen molar-refractivity contribution in [2.45, 2.75) is 38.0 Å². The molecule has 0 atom stereocenters. The average molecular weight is 307 g/mol. The molecule has 3 rings (SSSR count). The number of carbonyl (C=O) groups excluding carboxylic acids is 1. The molecule has 0 spiro atoms. The first-order valence-electron chi connectivity index (χ1n) is 8.59. The summed E-state index contributed by atoms with van der Waals surface area (Å²) in [4.78, 5) is 12.4. The van der Waals surface area contributed by atoms with Crippen LogP contribution >= 0.6 is 0 Å². The van der Waals surface area contributed by atoms with E-state index in [0.717, 1.165) is 12.8 Å². The topological polar surface area (TPSA) is 29.1 Å². The third-order valence-electron chi connectivity index (χ3n) is 5.16. The third-order valence-corrected chi connectivity index (χ3v) is 5.16. The molecule has 1 N–H and O–H groups in total. The maximum absolute atomic E-state index is 12.4. The number of amides is 1. The summed E-state index contributed by atoms with van der Waals surface area (Å²) in [5.74, 6) is 0.436. The van der Waals surface area contributed by atoms with E-state index in [4.69, 9.17) is 0 Å². The van der Waals surface area contributed by atoms with E-state index in [-0.39, 0.29) is 17.2 Å². The van der Waals surface area contributed by atoms with Crippen molar-refractivity contribution < 1.29 is 4.79 Å². The molecular weight excluding hydrogens is 282 g/mol. The van der Waals surface area contributed by atoms with Gasteiger partial charge in [0.15, 0.2) is 0 Å². The molecule has 1 saturated carbocycles. The smallest absolute Gasteiger partial charge is 0.223 e. The molecule has 2 aromatic carbocycles. The first kappa shape index (κ1) is 15.8. The molecular formula is C21H25NO. The van der Waals surface area contributed by atoms with Crippen LogP contribution in [0.25, 0.3) is 0 Å². The Morgan fingerprint density at radius 1 is 0.957 bits per heavy atom. The fourth-order valence-corrected chi connectivity index (χ4v) is 3.58. The molecule has 23 heavy (non-hydrogen) atoms. The van der Waals surface area contributed by atoms with Crippen LogP contribution in [-0.4, -0.2) is 12.5 Å². The second-order valence-corrected chi connectivity index (χ2v) is 6.76. The Morgan fingerprint density at radius 2 is 1.43 bits per heavy atom. The molecule has 0 aliphatic heterocycles. The van der Waals surface area contributed by atoms with Gasteiger partial charge >= 0.3 is 0 Å². The zero-order chi connectivity index (χ0) is 16.1. The number of hydrogen-bond acceptors (Lipinski definition) is 1. The number of rotatable bonds is 5. The van der Waals surface area contributed by atoms with Crippen molar-refractivity contribution in [3.8, 4) is 0 Å². The average Bonchev–Trinajstić information content (AvgIpc) is 3.16. The maximum Gasteiger partial charge on any atom is 0.223 e. The quantitative estimate of drug-likeness (QED) is 0.876. The standard InChI is InChI=1S/C21H25NO/c1-21(18-12-4-2-5-13-18,19-14-6-3-7-15-19)16-22-20(23)17-10-8-9-11-17/h2-7,12-15,17H,8-11,16H2,1H3,(H,22,23). The largest absolute Gasteiger partial charge is 0.355 e. The minimum Gasteiger partial charge on any atom is -0.355 e. The summed E-state index contributed by atoms with van der Waals surface area (Å²) < 4.78 is 0. The monoisotopic (exact) mass is 307 g/mol. The highest BCUT2D eigenvalue weighted by Gasteiger charge is 2.31. The van der Waals surface area contributed by atoms with Gasteiger partial charge < -0.3 is 5.32 Å². The van der Waals surface area contributed by atoms with Gasteiger partial charge in [-0.2, -0.15) is 0 Å².